The molecule has 0 unspecified atom stereocenters. The summed E-state index contributed by atoms with van der Waals surface area (Å²) in [7, 11) is 0. The fourth-order valence-electron chi connectivity index (χ4n) is 1.24. The summed E-state index contributed by atoms with van der Waals surface area (Å²) in [5, 5.41) is 8.81. The van der Waals surface area contributed by atoms with Crippen molar-refractivity contribution in [3.63, 3.8) is 0 Å². The van der Waals surface area contributed by atoms with Crippen molar-refractivity contribution in [2.75, 3.05) is 18.1 Å². The van der Waals surface area contributed by atoms with Gasteiger partial charge in [0, 0.05) is 0 Å². The minimum Gasteiger partial charge on any atom is -0.492 e. The zero-order chi connectivity index (χ0) is 12.7. The summed E-state index contributed by atoms with van der Waals surface area (Å²) in [6.45, 7) is 2.78. The van der Waals surface area contributed by atoms with E-state index in [2.05, 4.69) is 22.9 Å². The van der Waals surface area contributed by atoms with E-state index >= 15 is 0 Å². The molecule has 0 aliphatic rings. The maximum atomic E-state index is 10.7. The molecular formula is C12H15BrO3S. The van der Waals surface area contributed by atoms with Crippen LogP contribution in [0.5, 0.6) is 5.75 Å². The number of hydrogen-bond acceptors (Lipinski definition) is 3. The minimum atomic E-state index is -0.934. The minimum absolute atomic E-state index is 0.255. The molecule has 0 spiro atoms. The van der Waals surface area contributed by atoms with Crippen LogP contribution in [0, 0.1) is 0 Å². The van der Waals surface area contributed by atoms with Gasteiger partial charge in [-0.3, -0.25) is 0 Å². The van der Waals surface area contributed by atoms with Crippen molar-refractivity contribution in [3.8, 4) is 5.75 Å². The van der Waals surface area contributed by atoms with Crippen molar-refractivity contribution >= 4 is 33.7 Å². The van der Waals surface area contributed by atoms with Crippen LogP contribution in [-0.4, -0.2) is 29.2 Å². The number of benzene rings is 1. The first kappa shape index (κ1) is 14.4. The molecule has 1 aromatic rings. The Morgan fingerprint density at radius 3 is 2.88 bits per heavy atom. The highest BCUT2D eigenvalue weighted by molar-refractivity contribution is 9.10. The molecule has 0 amide bonds. The molecule has 0 saturated heterocycles. The monoisotopic (exact) mass is 318 g/mol. The first-order valence-corrected chi connectivity index (χ1v) is 7.33. The molecule has 0 aliphatic carbocycles. The van der Waals surface area contributed by atoms with E-state index in [1.165, 1.54) is 0 Å². The van der Waals surface area contributed by atoms with Gasteiger partial charge >= 0.3 is 5.97 Å². The van der Waals surface area contributed by atoms with Crippen molar-refractivity contribution in [2.45, 2.75) is 13.3 Å². The number of carboxylic acids is 1. The molecule has 1 N–H and O–H groups in total. The fourth-order valence-corrected chi connectivity index (χ4v) is 2.34. The second kappa shape index (κ2) is 7.61. The molecule has 3 nitrogen and oxygen atoms in total. The molecule has 0 heterocycles. The van der Waals surface area contributed by atoms with Gasteiger partial charge in [-0.05, 0) is 52.1 Å². The van der Waals surface area contributed by atoms with Crippen molar-refractivity contribution in [3.05, 3.63) is 28.2 Å². The van der Waals surface area contributed by atoms with Gasteiger partial charge in [0.2, 0.25) is 0 Å². The lowest BCUT2D eigenvalue weighted by Gasteiger charge is -2.08. The first-order chi connectivity index (χ1) is 8.15. The Bertz CT molecular complexity index is 382. The largest absolute Gasteiger partial charge is 0.492 e. The van der Waals surface area contributed by atoms with Gasteiger partial charge in [-0.15, -0.1) is 0 Å². The van der Waals surface area contributed by atoms with Crippen LogP contribution in [0.2, 0.25) is 0 Å². The molecule has 1 aromatic carbocycles. The molecule has 94 valence electrons. The van der Waals surface area contributed by atoms with E-state index < -0.39 is 5.97 Å². The van der Waals surface area contributed by atoms with Crippen LogP contribution in [0.15, 0.2) is 22.7 Å². The van der Waals surface area contributed by atoms with Crippen LogP contribution in [0.1, 0.15) is 23.7 Å². The van der Waals surface area contributed by atoms with Crippen molar-refractivity contribution in [1.29, 1.82) is 0 Å². The van der Waals surface area contributed by atoms with E-state index in [-0.39, 0.29) is 5.56 Å². The first-order valence-electron chi connectivity index (χ1n) is 5.38. The number of aromatic carboxylic acids is 1. The van der Waals surface area contributed by atoms with Crippen molar-refractivity contribution < 1.29 is 14.6 Å². The van der Waals surface area contributed by atoms with E-state index in [0.29, 0.717) is 16.8 Å². The van der Waals surface area contributed by atoms with Gasteiger partial charge in [0.1, 0.15) is 5.75 Å². The third-order valence-electron chi connectivity index (χ3n) is 2.07. The second-order valence-electron chi connectivity index (χ2n) is 3.35. The zero-order valence-corrected chi connectivity index (χ0v) is 12.0. The highest BCUT2D eigenvalue weighted by Crippen LogP contribution is 2.26. The molecule has 0 aromatic heterocycles. The summed E-state index contributed by atoms with van der Waals surface area (Å²) in [5.74, 6) is 1.96. The average Bonchev–Trinajstić information content (AvgIpc) is 2.30. The number of hydrogen-bond donors (Lipinski definition) is 1. The number of rotatable bonds is 7. The average molecular weight is 319 g/mol. The van der Waals surface area contributed by atoms with Crippen LogP contribution < -0.4 is 4.74 Å². The van der Waals surface area contributed by atoms with Crippen LogP contribution in [0.4, 0.5) is 0 Å². The van der Waals surface area contributed by atoms with Gasteiger partial charge in [0.25, 0.3) is 0 Å². The van der Waals surface area contributed by atoms with Gasteiger partial charge in [0.15, 0.2) is 0 Å². The van der Waals surface area contributed by atoms with E-state index in [1.54, 1.807) is 18.2 Å². The fraction of sp³-hybridized carbons (Fsp3) is 0.417. The Balaban J connectivity index is 2.46. The summed E-state index contributed by atoms with van der Waals surface area (Å²) in [5.41, 5.74) is 0.255. The van der Waals surface area contributed by atoms with Gasteiger partial charge in [0.05, 0.1) is 16.6 Å². The smallest absolute Gasteiger partial charge is 0.335 e. The van der Waals surface area contributed by atoms with E-state index in [0.717, 1.165) is 17.9 Å². The summed E-state index contributed by atoms with van der Waals surface area (Å²) in [6, 6.07) is 4.78. The topological polar surface area (TPSA) is 46.5 Å². The maximum absolute atomic E-state index is 10.7. The lowest BCUT2D eigenvalue weighted by Crippen LogP contribution is -2.01. The van der Waals surface area contributed by atoms with Crippen LogP contribution >= 0.6 is 27.7 Å². The maximum Gasteiger partial charge on any atom is 0.335 e. The summed E-state index contributed by atoms with van der Waals surface area (Å²) >= 11 is 5.19. The Labute approximate surface area is 114 Å². The van der Waals surface area contributed by atoms with Crippen molar-refractivity contribution in [1.82, 2.24) is 0 Å². The van der Waals surface area contributed by atoms with Gasteiger partial charge in [-0.1, -0.05) is 6.92 Å². The summed E-state index contributed by atoms with van der Waals surface area (Å²) in [4.78, 5) is 10.7. The standard InChI is InChI=1S/C12H15BrO3S/c1-2-17-7-3-6-16-11-5-4-9(12(14)15)8-10(11)13/h4-5,8H,2-3,6-7H2,1H3,(H,14,15). The Hall–Kier alpha value is -0.680. The van der Waals surface area contributed by atoms with Gasteiger partial charge < -0.3 is 9.84 Å². The number of ether oxygens (including phenoxy) is 1. The second-order valence-corrected chi connectivity index (χ2v) is 5.60. The SMILES string of the molecule is CCSCCCOc1ccc(C(=O)O)cc1Br. The Morgan fingerprint density at radius 1 is 1.53 bits per heavy atom. The van der Waals surface area contributed by atoms with Crippen LogP contribution in [0.3, 0.4) is 0 Å². The number of thioether (sulfide) groups is 1. The summed E-state index contributed by atoms with van der Waals surface area (Å²) in [6.07, 6.45) is 0.992. The molecule has 17 heavy (non-hydrogen) atoms. The predicted molar refractivity (Wildman–Crippen MR) is 74.2 cm³/mol. The molecule has 0 saturated carbocycles. The van der Waals surface area contributed by atoms with Gasteiger partial charge in [-0.25, -0.2) is 4.79 Å². The normalized spacial score (nSPS) is 10.2. The molecule has 0 radical (unpaired) electrons. The van der Waals surface area contributed by atoms with Crippen LogP contribution in [0.25, 0.3) is 0 Å². The van der Waals surface area contributed by atoms with Crippen LogP contribution in [-0.2, 0) is 0 Å². The van der Waals surface area contributed by atoms with E-state index in [9.17, 15) is 4.79 Å². The molecule has 1 rings (SSSR count). The van der Waals surface area contributed by atoms with E-state index in [4.69, 9.17) is 9.84 Å². The summed E-state index contributed by atoms with van der Waals surface area (Å²) < 4.78 is 6.25. The number of carbonyl (C=O) groups is 1. The highest BCUT2D eigenvalue weighted by atomic mass is 79.9. The number of halogens is 1. The molecule has 0 aliphatic heterocycles. The predicted octanol–water partition coefficient (Wildman–Crippen LogP) is 3.67. The Kier molecular flexibility index (Phi) is 6.44. The quantitative estimate of drug-likeness (QED) is 0.779. The zero-order valence-electron chi connectivity index (χ0n) is 9.61. The third kappa shape index (κ3) is 5.00. The lowest BCUT2D eigenvalue weighted by atomic mass is 10.2. The molecular weight excluding hydrogens is 304 g/mol. The molecule has 5 heteroatoms. The number of carboxylic acid groups (broad SMARTS) is 1. The van der Waals surface area contributed by atoms with Gasteiger partial charge in [-0.2, -0.15) is 11.8 Å². The van der Waals surface area contributed by atoms with E-state index in [1.807, 2.05) is 11.8 Å². The highest BCUT2D eigenvalue weighted by Gasteiger charge is 2.07. The van der Waals surface area contributed by atoms with Crippen molar-refractivity contribution in [2.24, 2.45) is 0 Å². The molecule has 0 bridgehead atoms. The third-order valence-corrected chi connectivity index (χ3v) is 3.68. The molecule has 0 atom stereocenters. The lowest BCUT2D eigenvalue weighted by molar-refractivity contribution is 0.0697. The molecule has 0 fully saturated rings. The Morgan fingerprint density at radius 2 is 2.29 bits per heavy atom.